The van der Waals surface area contributed by atoms with E-state index in [-0.39, 0.29) is 18.1 Å². The van der Waals surface area contributed by atoms with E-state index in [1.54, 1.807) is 45.9 Å². The summed E-state index contributed by atoms with van der Waals surface area (Å²) in [6.45, 7) is 6.91. The summed E-state index contributed by atoms with van der Waals surface area (Å²) in [5, 5.41) is 6.39. The van der Waals surface area contributed by atoms with Crippen LogP contribution in [-0.4, -0.2) is 23.5 Å². The molecule has 2 rings (SSSR count). The number of aromatic nitrogens is 1. The molecule has 2 aromatic rings. The molecule has 0 saturated heterocycles. The van der Waals surface area contributed by atoms with Gasteiger partial charge >= 0.3 is 6.09 Å². The highest BCUT2D eigenvalue weighted by molar-refractivity contribution is 9.10. The third-order valence-electron chi connectivity index (χ3n) is 3.12. The van der Waals surface area contributed by atoms with E-state index < -0.39 is 23.6 Å². The first kappa shape index (κ1) is 19.2. The van der Waals surface area contributed by atoms with Gasteiger partial charge in [-0.2, -0.15) is 0 Å². The normalized spacial score (nSPS) is 12.6. The second-order valence-electron chi connectivity index (χ2n) is 6.39. The zero-order valence-electron chi connectivity index (χ0n) is 14.4. The number of benzene rings is 1. The van der Waals surface area contributed by atoms with E-state index in [2.05, 4.69) is 26.4 Å². The van der Waals surface area contributed by atoms with Crippen LogP contribution in [-0.2, 0) is 4.74 Å². The highest BCUT2D eigenvalue weighted by Gasteiger charge is 2.24. The Kier molecular flexibility index (Phi) is 6.05. The van der Waals surface area contributed by atoms with Crippen molar-refractivity contribution in [3.05, 3.63) is 45.9 Å². The number of carbonyl (C=O) groups is 1. The van der Waals surface area contributed by atoms with Gasteiger partial charge in [0.15, 0.2) is 5.76 Å². The number of aryl methyl sites for hydroxylation is 1. The van der Waals surface area contributed by atoms with Gasteiger partial charge in [-0.15, -0.1) is 0 Å². The molecule has 1 aromatic heterocycles. The number of rotatable bonds is 5. The van der Waals surface area contributed by atoms with Gasteiger partial charge in [0, 0.05) is 5.56 Å². The van der Waals surface area contributed by atoms with Crippen molar-refractivity contribution in [2.24, 2.45) is 0 Å². The average molecular weight is 415 g/mol. The van der Waals surface area contributed by atoms with Crippen LogP contribution in [0.3, 0.4) is 0 Å². The molecule has 0 bridgehead atoms. The van der Waals surface area contributed by atoms with Crippen LogP contribution < -0.4 is 10.1 Å². The van der Waals surface area contributed by atoms with Crippen molar-refractivity contribution in [1.82, 2.24) is 10.5 Å². The monoisotopic (exact) mass is 414 g/mol. The van der Waals surface area contributed by atoms with Crippen LogP contribution in [0.25, 0.3) is 0 Å². The maximum absolute atomic E-state index is 14.1. The van der Waals surface area contributed by atoms with Crippen LogP contribution in [0.4, 0.5) is 9.18 Å². The van der Waals surface area contributed by atoms with Gasteiger partial charge in [0.25, 0.3) is 5.88 Å². The Hall–Kier alpha value is -2.09. The molecule has 1 amide bonds. The van der Waals surface area contributed by atoms with Crippen molar-refractivity contribution in [3.8, 4) is 5.88 Å². The first-order chi connectivity index (χ1) is 11.7. The molecule has 0 unspecified atom stereocenters. The number of hydrogen-bond acceptors (Lipinski definition) is 5. The van der Waals surface area contributed by atoms with Crippen LogP contribution in [0.2, 0.25) is 0 Å². The number of carbonyl (C=O) groups excluding carboxylic acids is 1. The number of hydrogen-bond donors (Lipinski definition) is 1. The fraction of sp³-hybridized carbons (Fsp3) is 0.412. The Morgan fingerprint density at radius 2 is 2.08 bits per heavy atom. The van der Waals surface area contributed by atoms with Crippen LogP contribution in [0.1, 0.15) is 38.1 Å². The predicted molar refractivity (Wildman–Crippen MR) is 92.9 cm³/mol. The number of ether oxygens (including phenoxy) is 2. The van der Waals surface area contributed by atoms with Crippen molar-refractivity contribution in [1.29, 1.82) is 0 Å². The molecule has 1 aromatic carbocycles. The van der Waals surface area contributed by atoms with Crippen LogP contribution in [0, 0.1) is 12.7 Å². The smallest absolute Gasteiger partial charge is 0.408 e. The van der Waals surface area contributed by atoms with E-state index in [0.717, 1.165) is 0 Å². The summed E-state index contributed by atoms with van der Waals surface area (Å²) < 4.78 is 30.5. The highest BCUT2D eigenvalue weighted by Crippen LogP contribution is 2.28. The molecule has 136 valence electrons. The average Bonchev–Trinajstić information content (AvgIpc) is 2.82. The molecule has 0 aliphatic rings. The maximum atomic E-state index is 14.1. The second-order valence-corrected chi connectivity index (χ2v) is 7.18. The minimum absolute atomic E-state index is 0.0508. The molecule has 1 atom stereocenters. The molecule has 0 fully saturated rings. The molecule has 6 nitrogen and oxygen atoms in total. The fourth-order valence-electron chi connectivity index (χ4n) is 2.01. The van der Waals surface area contributed by atoms with Crippen LogP contribution in [0.5, 0.6) is 5.88 Å². The van der Waals surface area contributed by atoms with E-state index in [9.17, 15) is 9.18 Å². The van der Waals surface area contributed by atoms with Gasteiger partial charge in [-0.3, -0.25) is 0 Å². The molecule has 1 N–H and O–H groups in total. The molecule has 0 aliphatic carbocycles. The Balaban J connectivity index is 2.16. The van der Waals surface area contributed by atoms with Crippen molar-refractivity contribution < 1.29 is 23.2 Å². The number of nitrogens with zero attached hydrogens (tertiary/aromatic N) is 1. The third kappa shape index (κ3) is 5.45. The summed E-state index contributed by atoms with van der Waals surface area (Å²) in [4.78, 5) is 12.1. The number of alkyl carbamates (subject to hydrolysis) is 1. The van der Waals surface area contributed by atoms with Gasteiger partial charge in [-0.05, 0) is 54.8 Å². The third-order valence-corrected chi connectivity index (χ3v) is 4.02. The Bertz CT molecular complexity index is 742. The molecular weight excluding hydrogens is 395 g/mol. The predicted octanol–water partition coefficient (Wildman–Crippen LogP) is 4.53. The van der Waals surface area contributed by atoms with E-state index in [4.69, 9.17) is 14.0 Å². The van der Waals surface area contributed by atoms with E-state index in [1.807, 2.05) is 0 Å². The first-order valence-electron chi connectivity index (χ1n) is 7.66. The lowest BCUT2D eigenvalue weighted by molar-refractivity contribution is 0.0484. The molecule has 8 heteroatoms. The Morgan fingerprint density at radius 1 is 1.40 bits per heavy atom. The summed E-state index contributed by atoms with van der Waals surface area (Å²) in [7, 11) is 0. The van der Waals surface area contributed by atoms with Crippen LogP contribution >= 0.6 is 15.9 Å². The van der Waals surface area contributed by atoms with Crippen molar-refractivity contribution in [2.75, 3.05) is 6.61 Å². The second kappa shape index (κ2) is 7.86. The fourth-order valence-corrected chi connectivity index (χ4v) is 2.27. The first-order valence-corrected chi connectivity index (χ1v) is 8.45. The maximum Gasteiger partial charge on any atom is 0.408 e. The summed E-state index contributed by atoms with van der Waals surface area (Å²) in [5.41, 5.74) is -0.388. The van der Waals surface area contributed by atoms with E-state index >= 15 is 0 Å². The van der Waals surface area contributed by atoms with Gasteiger partial charge in [0.1, 0.15) is 22.5 Å². The summed E-state index contributed by atoms with van der Waals surface area (Å²) in [6.07, 6.45) is -0.667. The van der Waals surface area contributed by atoms with E-state index in [0.29, 0.717) is 10.2 Å². The van der Waals surface area contributed by atoms with Crippen molar-refractivity contribution >= 4 is 22.0 Å². The topological polar surface area (TPSA) is 73.6 Å². The molecule has 0 saturated carbocycles. The van der Waals surface area contributed by atoms with Crippen molar-refractivity contribution in [2.45, 2.75) is 39.3 Å². The van der Waals surface area contributed by atoms with E-state index in [1.165, 1.54) is 6.07 Å². The number of amides is 1. The molecule has 1 heterocycles. The van der Waals surface area contributed by atoms with Gasteiger partial charge in [0.2, 0.25) is 0 Å². The molecule has 0 radical (unpaired) electrons. The van der Waals surface area contributed by atoms with Crippen LogP contribution in [0.15, 0.2) is 33.3 Å². The molecule has 25 heavy (non-hydrogen) atoms. The zero-order chi connectivity index (χ0) is 18.6. The Morgan fingerprint density at radius 3 is 2.64 bits per heavy atom. The lowest BCUT2D eigenvalue weighted by atomic mass is 10.1. The summed E-state index contributed by atoms with van der Waals surface area (Å²) in [5.74, 6) is 0.324. The summed E-state index contributed by atoms with van der Waals surface area (Å²) in [6, 6.07) is 5.37. The van der Waals surface area contributed by atoms with Gasteiger partial charge in [-0.25, -0.2) is 9.18 Å². The number of halogens is 2. The van der Waals surface area contributed by atoms with Gasteiger partial charge in [0.05, 0.1) is 6.04 Å². The van der Waals surface area contributed by atoms with Gasteiger partial charge < -0.3 is 19.3 Å². The van der Waals surface area contributed by atoms with Gasteiger partial charge in [-0.1, -0.05) is 18.2 Å². The highest BCUT2D eigenvalue weighted by atomic mass is 79.9. The quantitative estimate of drug-likeness (QED) is 0.777. The standard InChI is InChI=1S/C17H20BrFN2O4/c1-10-14(18)15(21-25-10)23-9-13(11-7-5-6-8-12(11)19)20-16(22)24-17(2,3)4/h5-8,13H,9H2,1-4H3,(H,20,22)/t13-/m0/s1. The minimum atomic E-state index is -0.764. The lowest BCUT2D eigenvalue weighted by Crippen LogP contribution is -2.37. The summed E-state index contributed by atoms with van der Waals surface area (Å²) >= 11 is 3.29. The lowest BCUT2D eigenvalue weighted by Gasteiger charge is -2.24. The SMILES string of the molecule is Cc1onc(OC[C@H](NC(=O)OC(C)(C)C)c2ccccc2F)c1Br. The molecule has 0 aliphatic heterocycles. The number of nitrogens with one attached hydrogen (secondary N) is 1. The molecule has 0 spiro atoms. The van der Waals surface area contributed by atoms with Crippen molar-refractivity contribution in [3.63, 3.8) is 0 Å². The molecular formula is C17H20BrFN2O4. The Labute approximate surface area is 153 Å². The minimum Gasteiger partial charge on any atom is -0.472 e. The largest absolute Gasteiger partial charge is 0.472 e. The zero-order valence-corrected chi connectivity index (χ0v) is 16.0.